The van der Waals surface area contributed by atoms with Gasteiger partial charge in [0.1, 0.15) is 0 Å². The predicted octanol–water partition coefficient (Wildman–Crippen LogP) is 2.91. The van der Waals surface area contributed by atoms with Crippen LogP contribution in [-0.4, -0.2) is 5.91 Å². The molecule has 0 atom stereocenters. The van der Waals surface area contributed by atoms with E-state index >= 15 is 0 Å². The van der Waals surface area contributed by atoms with Crippen LogP contribution < -0.4 is 5.73 Å². The van der Waals surface area contributed by atoms with E-state index in [9.17, 15) is 4.79 Å². The van der Waals surface area contributed by atoms with Crippen LogP contribution in [0.5, 0.6) is 0 Å². The van der Waals surface area contributed by atoms with E-state index in [1.54, 1.807) is 0 Å². The minimum Gasteiger partial charge on any atom is -0.366 e. The summed E-state index contributed by atoms with van der Waals surface area (Å²) >= 11 is 0. The average Bonchev–Trinajstić information content (AvgIpc) is 2.14. The monoisotopic (exact) mass is 217 g/mol. The van der Waals surface area contributed by atoms with Crippen molar-refractivity contribution in [2.24, 2.45) is 11.1 Å². The van der Waals surface area contributed by atoms with Crippen molar-refractivity contribution in [3.05, 3.63) is 41.0 Å². The van der Waals surface area contributed by atoms with Gasteiger partial charge in [0.15, 0.2) is 0 Å². The molecule has 0 aliphatic heterocycles. The zero-order chi connectivity index (χ0) is 12.3. The Balaban J connectivity index is 3.13. The number of carbonyl (C=O) groups is 1. The second-order valence-electron chi connectivity index (χ2n) is 5.08. The summed E-state index contributed by atoms with van der Waals surface area (Å²) in [4.78, 5) is 11.4. The Morgan fingerprint density at radius 3 is 2.06 bits per heavy atom. The van der Waals surface area contributed by atoms with Gasteiger partial charge in [-0.2, -0.15) is 0 Å². The molecule has 1 aromatic rings. The van der Waals surface area contributed by atoms with Crippen molar-refractivity contribution >= 4 is 12.0 Å². The first-order valence-corrected chi connectivity index (χ1v) is 5.39. The predicted molar refractivity (Wildman–Crippen MR) is 67.8 cm³/mol. The van der Waals surface area contributed by atoms with Crippen LogP contribution in [0.25, 0.3) is 6.08 Å². The maximum Gasteiger partial charge on any atom is 0.245 e. The number of hydrogen-bond acceptors (Lipinski definition) is 1. The average molecular weight is 217 g/mol. The minimum atomic E-state index is -0.354. The summed E-state index contributed by atoms with van der Waals surface area (Å²) < 4.78 is 0. The molecule has 0 radical (unpaired) electrons. The highest BCUT2D eigenvalue weighted by Gasteiger charge is 2.21. The third kappa shape index (κ3) is 3.23. The van der Waals surface area contributed by atoms with E-state index in [-0.39, 0.29) is 11.3 Å². The van der Waals surface area contributed by atoms with Gasteiger partial charge < -0.3 is 5.73 Å². The molecule has 16 heavy (non-hydrogen) atoms. The van der Waals surface area contributed by atoms with Crippen molar-refractivity contribution in [3.8, 4) is 0 Å². The quantitative estimate of drug-likeness (QED) is 0.760. The molecule has 1 amide bonds. The van der Waals surface area contributed by atoms with E-state index in [2.05, 4.69) is 0 Å². The van der Waals surface area contributed by atoms with Gasteiger partial charge in [0.05, 0.1) is 0 Å². The summed E-state index contributed by atoms with van der Waals surface area (Å²) in [6.45, 7) is 7.99. The Bertz CT molecular complexity index is 407. The number of hydrogen-bond donors (Lipinski definition) is 1. The highest BCUT2D eigenvalue weighted by atomic mass is 16.1. The summed E-state index contributed by atoms with van der Waals surface area (Å²) in [6.07, 6.45) is 1.86. The van der Waals surface area contributed by atoms with Crippen LogP contribution in [0.4, 0.5) is 0 Å². The molecular weight excluding hydrogens is 198 g/mol. The van der Waals surface area contributed by atoms with Crippen LogP contribution in [0.3, 0.4) is 0 Å². The zero-order valence-electron chi connectivity index (χ0n) is 10.4. The number of amides is 1. The van der Waals surface area contributed by atoms with Gasteiger partial charge >= 0.3 is 0 Å². The molecule has 0 saturated heterocycles. The van der Waals surface area contributed by atoms with Gasteiger partial charge in [0.25, 0.3) is 0 Å². The highest BCUT2D eigenvalue weighted by Crippen LogP contribution is 2.26. The van der Waals surface area contributed by atoms with Gasteiger partial charge in [-0.1, -0.05) is 50.6 Å². The molecule has 0 heterocycles. The Morgan fingerprint density at radius 2 is 1.69 bits per heavy atom. The van der Waals surface area contributed by atoms with Crippen molar-refractivity contribution in [2.45, 2.75) is 27.7 Å². The lowest BCUT2D eigenvalue weighted by atomic mass is 9.85. The molecular formula is C14H19NO. The third-order valence-electron chi connectivity index (χ3n) is 2.46. The first-order valence-electron chi connectivity index (χ1n) is 5.39. The van der Waals surface area contributed by atoms with Crippen LogP contribution in [0.2, 0.25) is 0 Å². The molecule has 0 aliphatic carbocycles. The van der Waals surface area contributed by atoms with Gasteiger partial charge in [0, 0.05) is 5.57 Å². The summed E-state index contributed by atoms with van der Waals surface area (Å²) in [5, 5.41) is 0. The molecule has 1 rings (SSSR count). The lowest BCUT2D eigenvalue weighted by Gasteiger charge is -2.20. The van der Waals surface area contributed by atoms with Crippen molar-refractivity contribution < 1.29 is 4.79 Å². The lowest BCUT2D eigenvalue weighted by molar-refractivity contribution is -0.115. The Labute approximate surface area is 97.2 Å². The lowest BCUT2D eigenvalue weighted by Crippen LogP contribution is -2.24. The minimum absolute atomic E-state index is 0.225. The van der Waals surface area contributed by atoms with E-state index in [0.29, 0.717) is 5.57 Å². The van der Waals surface area contributed by atoms with E-state index in [0.717, 1.165) is 5.56 Å². The van der Waals surface area contributed by atoms with Gasteiger partial charge in [-0.05, 0) is 24.0 Å². The van der Waals surface area contributed by atoms with E-state index in [1.165, 1.54) is 5.56 Å². The smallest absolute Gasteiger partial charge is 0.245 e. The molecule has 0 bridgehead atoms. The molecule has 0 unspecified atom stereocenters. The number of aryl methyl sites for hydroxylation is 1. The highest BCUT2D eigenvalue weighted by molar-refractivity contribution is 5.97. The van der Waals surface area contributed by atoms with Gasteiger partial charge in [-0.3, -0.25) is 4.79 Å². The fourth-order valence-electron chi connectivity index (χ4n) is 1.49. The number of rotatable bonds is 2. The number of primary amides is 1. The van der Waals surface area contributed by atoms with Gasteiger partial charge in [0.2, 0.25) is 5.91 Å². The van der Waals surface area contributed by atoms with Crippen molar-refractivity contribution in [3.63, 3.8) is 0 Å². The van der Waals surface area contributed by atoms with Crippen LogP contribution in [0.15, 0.2) is 29.8 Å². The molecule has 0 saturated carbocycles. The van der Waals surface area contributed by atoms with E-state index in [1.807, 2.05) is 58.0 Å². The summed E-state index contributed by atoms with van der Waals surface area (Å²) in [5.41, 5.74) is 8.03. The molecule has 2 N–H and O–H groups in total. The van der Waals surface area contributed by atoms with Crippen LogP contribution in [0.1, 0.15) is 31.9 Å². The summed E-state index contributed by atoms with van der Waals surface area (Å²) in [7, 11) is 0. The largest absolute Gasteiger partial charge is 0.366 e. The van der Waals surface area contributed by atoms with E-state index < -0.39 is 0 Å². The fraction of sp³-hybridized carbons (Fsp3) is 0.357. The van der Waals surface area contributed by atoms with Crippen LogP contribution in [-0.2, 0) is 4.79 Å². The number of benzene rings is 1. The molecule has 0 aliphatic rings. The summed E-state index contributed by atoms with van der Waals surface area (Å²) in [6, 6.07) is 8.02. The Kier molecular flexibility index (Phi) is 3.53. The molecule has 0 spiro atoms. The maximum atomic E-state index is 11.4. The second kappa shape index (κ2) is 4.52. The Morgan fingerprint density at radius 1 is 1.19 bits per heavy atom. The van der Waals surface area contributed by atoms with Crippen LogP contribution >= 0.6 is 0 Å². The van der Waals surface area contributed by atoms with Gasteiger partial charge in [-0.25, -0.2) is 0 Å². The molecule has 1 aromatic carbocycles. The molecule has 2 heteroatoms. The van der Waals surface area contributed by atoms with Gasteiger partial charge in [-0.15, -0.1) is 0 Å². The topological polar surface area (TPSA) is 43.1 Å². The Hall–Kier alpha value is -1.57. The number of carbonyl (C=O) groups excluding carboxylic acids is 1. The summed E-state index contributed by atoms with van der Waals surface area (Å²) in [5.74, 6) is -0.354. The fourth-order valence-corrected chi connectivity index (χ4v) is 1.49. The molecule has 0 aromatic heterocycles. The molecule has 2 nitrogen and oxygen atoms in total. The van der Waals surface area contributed by atoms with Crippen molar-refractivity contribution in [2.75, 3.05) is 0 Å². The molecule has 0 fully saturated rings. The maximum absolute atomic E-state index is 11.4. The molecule has 86 valence electrons. The standard InChI is InChI=1S/C14H19NO/c1-10-5-7-11(8-6-10)9-12(13(15)16)14(2,3)4/h5-9H,1-4H3,(H2,15,16)/b12-9-. The second-order valence-corrected chi connectivity index (χ2v) is 5.08. The first kappa shape index (κ1) is 12.5. The normalized spacial score (nSPS) is 12.6. The first-order chi connectivity index (χ1) is 7.30. The van der Waals surface area contributed by atoms with Crippen molar-refractivity contribution in [1.82, 2.24) is 0 Å². The SMILES string of the molecule is Cc1ccc(/C=C(/C(N)=O)C(C)(C)C)cc1. The zero-order valence-corrected chi connectivity index (χ0v) is 10.4. The third-order valence-corrected chi connectivity index (χ3v) is 2.46. The van der Waals surface area contributed by atoms with E-state index in [4.69, 9.17) is 5.73 Å². The van der Waals surface area contributed by atoms with Crippen molar-refractivity contribution in [1.29, 1.82) is 0 Å². The number of nitrogens with two attached hydrogens (primary N) is 1. The van der Waals surface area contributed by atoms with Crippen LogP contribution in [0, 0.1) is 12.3 Å².